The molecule has 0 saturated heterocycles. The van der Waals surface area contributed by atoms with E-state index < -0.39 is 0 Å². The summed E-state index contributed by atoms with van der Waals surface area (Å²) in [5.41, 5.74) is 0.643. The Hall–Kier alpha value is -0.850. The Balaban J connectivity index is 3.52. The maximum Gasteiger partial charge on any atom is 0.0311 e. The Bertz CT molecular complexity index is 112. The SMILES string of the molecule is C=C/C=C\C(=N)CC. The van der Waals surface area contributed by atoms with Gasteiger partial charge in [0.1, 0.15) is 0 Å². The molecule has 0 rings (SSSR count). The third kappa shape index (κ3) is 3.34. The van der Waals surface area contributed by atoms with Crippen LogP contribution >= 0.6 is 0 Å². The molecule has 0 aliphatic heterocycles. The second-order valence-electron chi connectivity index (χ2n) is 1.47. The summed E-state index contributed by atoms with van der Waals surface area (Å²) in [5.74, 6) is 0. The van der Waals surface area contributed by atoms with Crippen molar-refractivity contribution < 1.29 is 0 Å². The van der Waals surface area contributed by atoms with Crippen LogP contribution in [0.1, 0.15) is 13.3 Å². The van der Waals surface area contributed by atoms with Crippen molar-refractivity contribution >= 4 is 5.71 Å². The van der Waals surface area contributed by atoms with Crippen LogP contribution in [0.4, 0.5) is 0 Å². The third-order valence-corrected chi connectivity index (χ3v) is 0.814. The van der Waals surface area contributed by atoms with Crippen LogP contribution in [0.5, 0.6) is 0 Å². The van der Waals surface area contributed by atoms with E-state index >= 15 is 0 Å². The first-order valence-corrected chi connectivity index (χ1v) is 2.67. The Morgan fingerprint density at radius 2 is 2.38 bits per heavy atom. The van der Waals surface area contributed by atoms with Gasteiger partial charge >= 0.3 is 0 Å². The van der Waals surface area contributed by atoms with Crippen LogP contribution in [0.25, 0.3) is 0 Å². The molecule has 0 aliphatic carbocycles. The molecule has 1 nitrogen and oxygen atoms in total. The van der Waals surface area contributed by atoms with Crippen molar-refractivity contribution in [2.45, 2.75) is 13.3 Å². The van der Waals surface area contributed by atoms with E-state index in [0.717, 1.165) is 6.42 Å². The summed E-state index contributed by atoms with van der Waals surface area (Å²) < 4.78 is 0. The molecule has 0 unspecified atom stereocenters. The van der Waals surface area contributed by atoms with Gasteiger partial charge in [0.15, 0.2) is 0 Å². The van der Waals surface area contributed by atoms with E-state index in [0.29, 0.717) is 5.71 Å². The Morgan fingerprint density at radius 3 is 2.75 bits per heavy atom. The summed E-state index contributed by atoms with van der Waals surface area (Å²) in [4.78, 5) is 0. The van der Waals surface area contributed by atoms with E-state index in [-0.39, 0.29) is 0 Å². The van der Waals surface area contributed by atoms with Crippen LogP contribution in [-0.2, 0) is 0 Å². The Morgan fingerprint density at radius 1 is 1.75 bits per heavy atom. The quantitative estimate of drug-likeness (QED) is 0.424. The van der Waals surface area contributed by atoms with Gasteiger partial charge < -0.3 is 5.41 Å². The van der Waals surface area contributed by atoms with Crippen LogP contribution in [0.3, 0.4) is 0 Å². The lowest BCUT2D eigenvalue weighted by atomic mass is 10.3. The molecule has 1 N–H and O–H groups in total. The summed E-state index contributed by atoms with van der Waals surface area (Å²) in [6.45, 7) is 5.44. The van der Waals surface area contributed by atoms with Crippen molar-refractivity contribution in [2.24, 2.45) is 0 Å². The molecule has 0 amide bonds. The first-order valence-electron chi connectivity index (χ1n) is 2.67. The highest BCUT2D eigenvalue weighted by Gasteiger charge is 1.78. The smallest absolute Gasteiger partial charge is 0.0311 e. The van der Waals surface area contributed by atoms with Crippen LogP contribution < -0.4 is 0 Å². The van der Waals surface area contributed by atoms with Gasteiger partial charge in [-0.2, -0.15) is 0 Å². The van der Waals surface area contributed by atoms with Gasteiger partial charge in [-0.3, -0.25) is 0 Å². The topological polar surface area (TPSA) is 23.9 Å². The van der Waals surface area contributed by atoms with Gasteiger partial charge in [-0.15, -0.1) is 0 Å². The molecule has 0 bridgehead atoms. The van der Waals surface area contributed by atoms with E-state index in [4.69, 9.17) is 5.41 Å². The minimum atomic E-state index is 0.643. The van der Waals surface area contributed by atoms with Gasteiger partial charge in [-0.05, 0) is 12.5 Å². The molecule has 0 aliphatic rings. The van der Waals surface area contributed by atoms with Crippen LogP contribution in [-0.4, -0.2) is 5.71 Å². The van der Waals surface area contributed by atoms with Crippen molar-refractivity contribution in [3.8, 4) is 0 Å². The van der Waals surface area contributed by atoms with Crippen LogP contribution in [0.2, 0.25) is 0 Å². The van der Waals surface area contributed by atoms with Crippen molar-refractivity contribution in [3.05, 3.63) is 24.8 Å². The largest absolute Gasteiger partial charge is 0.305 e. The molecule has 44 valence electrons. The van der Waals surface area contributed by atoms with Crippen molar-refractivity contribution in [1.82, 2.24) is 0 Å². The molecule has 0 heterocycles. The summed E-state index contributed by atoms with van der Waals surface area (Å²) >= 11 is 0. The normalized spacial score (nSPS) is 9.62. The zero-order valence-electron chi connectivity index (χ0n) is 5.15. The van der Waals surface area contributed by atoms with Crippen LogP contribution in [0.15, 0.2) is 24.8 Å². The van der Waals surface area contributed by atoms with Crippen molar-refractivity contribution in [3.63, 3.8) is 0 Å². The Kier molecular flexibility index (Phi) is 3.85. The number of hydrogen-bond acceptors (Lipinski definition) is 1. The predicted octanol–water partition coefficient (Wildman–Crippen LogP) is 2.16. The van der Waals surface area contributed by atoms with Gasteiger partial charge in [0.2, 0.25) is 0 Å². The molecular formula is C7H11N. The highest BCUT2D eigenvalue weighted by Crippen LogP contribution is 1.82. The maximum atomic E-state index is 7.11. The predicted molar refractivity (Wildman–Crippen MR) is 37.4 cm³/mol. The number of rotatable bonds is 3. The average molecular weight is 109 g/mol. The molecular weight excluding hydrogens is 98.1 g/mol. The molecule has 0 saturated carbocycles. The number of allylic oxidation sites excluding steroid dienone is 3. The lowest BCUT2D eigenvalue weighted by Crippen LogP contribution is -1.83. The monoisotopic (exact) mass is 109 g/mol. The molecule has 0 aromatic rings. The minimum absolute atomic E-state index is 0.643. The van der Waals surface area contributed by atoms with Gasteiger partial charge in [0.25, 0.3) is 0 Å². The van der Waals surface area contributed by atoms with Crippen LogP contribution in [0, 0.1) is 5.41 Å². The second kappa shape index (κ2) is 4.31. The van der Waals surface area contributed by atoms with E-state index in [9.17, 15) is 0 Å². The van der Waals surface area contributed by atoms with Crippen molar-refractivity contribution in [2.75, 3.05) is 0 Å². The third-order valence-electron chi connectivity index (χ3n) is 0.814. The summed E-state index contributed by atoms with van der Waals surface area (Å²) in [6, 6.07) is 0. The highest BCUT2D eigenvalue weighted by molar-refractivity contribution is 5.92. The first kappa shape index (κ1) is 7.15. The molecule has 0 aromatic carbocycles. The maximum absolute atomic E-state index is 7.11. The van der Waals surface area contributed by atoms with E-state index in [2.05, 4.69) is 6.58 Å². The lowest BCUT2D eigenvalue weighted by Gasteiger charge is -1.84. The highest BCUT2D eigenvalue weighted by atomic mass is 14.4. The molecule has 0 fully saturated rings. The van der Waals surface area contributed by atoms with Gasteiger partial charge in [0, 0.05) is 5.71 Å². The fraction of sp³-hybridized carbons (Fsp3) is 0.286. The molecule has 0 aromatic heterocycles. The molecule has 0 spiro atoms. The number of hydrogen-bond donors (Lipinski definition) is 1. The van der Waals surface area contributed by atoms with E-state index in [1.54, 1.807) is 18.2 Å². The number of nitrogens with one attached hydrogen (secondary N) is 1. The van der Waals surface area contributed by atoms with E-state index in [1.807, 2.05) is 6.92 Å². The zero-order valence-corrected chi connectivity index (χ0v) is 5.15. The lowest BCUT2D eigenvalue weighted by molar-refractivity contribution is 1.26. The van der Waals surface area contributed by atoms with E-state index in [1.165, 1.54) is 0 Å². The van der Waals surface area contributed by atoms with Gasteiger partial charge in [0.05, 0.1) is 0 Å². The standard InChI is InChI=1S/C7H11N/c1-3-5-6-7(8)4-2/h3,5-6,8H,1,4H2,2H3/b6-5-,8-7?. The summed E-state index contributed by atoms with van der Waals surface area (Å²) in [6.07, 6.45) is 5.98. The fourth-order valence-electron chi connectivity index (χ4n) is 0.302. The average Bonchev–Trinajstić information content (AvgIpc) is 1.83. The molecule has 0 atom stereocenters. The minimum Gasteiger partial charge on any atom is -0.305 e. The molecule has 1 heteroatoms. The summed E-state index contributed by atoms with van der Waals surface area (Å²) in [7, 11) is 0. The molecule has 0 radical (unpaired) electrons. The zero-order chi connectivity index (χ0) is 6.41. The second-order valence-corrected chi connectivity index (χ2v) is 1.47. The molecule has 8 heavy (non-hydrogen) atoms. The summed E-state index contributed by atoms with van der Waals surface area (Å²) in [5, 5.41) is 7.11. The fourth-order valence-corrected chi connectivity index (χ4v) is 0.302. The van der Waals surface area contributed by atoms with Gasteiger partial charge in [-0.1, -0.05) is 25.7 Å². The Labute approximate surface area is 50.2 Å². The first-order chi connectivity index (χ1) is 3.81. The van der Waals surface area contributed by atoms with Crippen molar-refractivity contribution in [1.29, 1.82) is 5.41 Å². The van der Waals surface area contributed by atoms with Gasteiger partial charge in [-0.25, -0.2) is 0 Å².